The molecule has 16 heavy (non-hydrogen) atoms. The molecule has 5 heteroatoms. The van der Waals surface area contributed by atoms with Gasteiger partial charge in [-0.1, -0.05) is 11.2 Å². The second kappa shape index (κ2) is 7.62. The maximum Gasteiger partial charge on any atom is 0.330 e. The molecule has 0 aromatic heterocycles. The molecule has 0 spiro atoms. The molecule has 0 bridgehead atoms. The third-order valence-electron chi connectivity index (χ3n) is 2.06. The molecule has 0 rings (SSSR count). The van der Waals surface area contributed by atoms with Crippen LogP contribution in [0.4, 0.5) is 0 Å². The molecule has 0 amide bonds. The summed E-state index contributed by atoms with van der Waals surface area (Å²) < 4.78 is 4.43. The molecular formula is C11H17NO4. The van der Waals surface area contributed by atoms with Crippen molar-refractivity contribution in [1.82, 2.24) is 0 Å². The van der Waals surface area contributed by atoms with Crippen molar-refractivity contribution in [1.29, 1.82) is 0 Å². The van der Waals surface area contributed by atoms with Crippen molar-refractivity contribution in [3.05, 3.63) is 12.2 Å². The molecule has 0 saturated heterocycles. The number of esters is 1. The molecule has 0 saturated carbocycles. The second-order valence-corrected chi connectivity index (χ2v) is 3.24. The molecule has 0 aromatic rings. The molecule has 90 valence electrons. The smallest absolute Gasteiger partial charge is 0.330 e. The normalized spacial score (nSPS) is 13.6. The van der Waals surface area contributed by atoms with Crippen molar-refractivity contribution in [3.63, 3.8) is 0 Å². The van der Waals surface area contributed by atoms with Crippen LogP contribution in [0.15, 0.2) is 17.3 Å². The summed E-state index contributed by atoms with van der Waals surface area (Å²) in [5, 5.41) is 3.71. The topological polar surface area (TPSA) is 65.0 Å². The second-order valence-electron chi connectivity index (χ2n) is 3.24. The molecule has 0 heterocycles. The van der Waals surface area contributed by atoms with Crippen molar-refractivity contribution in [3.8, 4) is 0 Å². The van der Waals surface area contributed by atoms with Crippen LogP contribution >= 0.6 is 0 Å². The van der Waals surface area contributed by atoms with Gasteiger partial charge in [-0.25, -0.2) is 4.79 Å². The number of allylic oxidation sites excluding steroid dienone is 1. The third kappa shape index (κ3) is 5.29. The Bertz CT molecular complexity index is 307. The van der Waals surface area contributed by atoms with Gasteiger partial charge in [0, 0.05) is 6.08 Å². The van der Waals surface area contributed by atoms with Crippen LogP contribution in [0.25, 0.3) is 0 Å². The predicted molar refractivity (Wildman–Crippen MR) is 60.1 cm³/mol. The SMILES string of the molecule is CO/N=C(\C)C(C/C=C/C(=O)OC)C(C)=O. The van der Waals surface area contributed by atoms with Crippen molar-refractivity contribution < 1.29 is 19.2 Å². The molecule has 0 aromatic carbocycles. The number of hydrogen-bond donors (Lipinski definition) is 0. The monoisotopic (exact) mass is 227 g/mol. The Hall–Kier alpha value is -1.65. The minimum atomic E-state index is -0.441. The molecule has 5 nitrogen and oxygen atoms in total. The highest BCUT2D eigenvalue weighted by molar-refractivity contribution is 6.03. The number of methoxy groups -OCH3 is 1. The number of oxime groups is 1. The van der Waals surface area contributed by atoms with E-state index in [1.165, 1.54) is 27.2 Å². The molecular weight excluding hydrogens is 210 g/mol. The first-order valence-electron chi connectivity index (χ1n) is 4.85. The lowest BCUT2D eigenvalue weighted by atomic mass is 9.96. The average molecular weight is 227 g/mol. The van der Waals surface area contributed by atoms with Crippen LogP contribution in [0, 0.1) is 5.92 Å². The number of carbonyl (C=O) groups is 2. The summed E-state index contributed by atoms with van der Waals surface area (Å²) in [6.45, 7) is 3.19. The minimum absolute atomic E-state index is 0.0205. The van der Waals surface area contributed by atoms with E-state index in [9.17, 15) is 9.59 Å². The number of rotatable bonds is 6. The van der Waals surface area contributed by atoms with Gasteiger partial charge >= 0.3 is 5.97 Å². The molecule has 0 fully saturated rings. The summed E-state index contributed by atoms with van der Waals surface area (Å²) in [7, 11) is 2.72. The quantitative estimate of drug-likeness (QED) is 0.297. The van der Waals surface area contributed by atoms with E-state index in [4.69, 9.17) is 0 Å². The van der Waals surface area contributed by atoms with Gasteiger partial charge in [-0.2, -0.15) is 0 Å². The third-order valence-corrected chi connectivity index (χ3v) is 2.06. The van der Waals surface area contributed by atoms with E-state index < -0.39 is 5.97 Å². The number of nitrogens with zero attached hydrogens (tertiary/aromatic N) is 1. The van der Waals surface area contributed by atoms with Crippen molar-refractivity contribution in [2.45, 2.75) is 20.3 Å². The molecule has 0 aliphatic heterocycles. The van der Waals surface area contributed by atoms with Crippen LogP contribution in [-0.2, 0) is 19.2 Å². The maximum atomic E-state index is 11.3. The van der Waals surface area contributed by atoms with Crippen LogP contribution in [0.3, 0.4) is 0 Å². The van der Waals surface area contributed by atoms with Crippen molar-refractivity contribution >= 4 is 17.5 Å². The number of ketones is 1. The highest BCUT2D eigenvalue weighted by Gasteiger charge is 2.16. The maximum absolute atomic E-state index is 11.3. The highest BCUT2D eigenvalue weighted by Crippen LogP contribution is 2.09. The number of ether oxygens (including phenoxy) is 1. The Morgan fingerprint density at radius 3 is 2.38 bits per heavy atom. The molecule has 0 N–H and O–H groups in total. The number of hydrogen-bond acceptors (Lipinski definition) is 5. The van der Waals surface area contributed by atoms with E-state index in [1.807, 2.05) is 0 Å². The molecule has 0 aliphatic rings. The fourth-order valence-corrected chi connectivity index (χ4v) is 1.21. The van der Waals surface area contributed by atoms with Gasteiger partial charge < -0.3 is 9.57 Å². The molecule has 0 aliphatic carbocycles. The zero-order chi connectivity index (χ0) is 12.6. The minimum Gasteiger partial charge on any atom is -0.466 e. The summed E-state index contributed by atoms with van der Waals surface area (Å²) in [6, 6.07) is 0. The van der Waals surface area contributed by atoms with E-state index in [-0.39, 0.29) is 11.7 Å². The van der Waals surface area contributed by atoms with Gasteiger partial charge in [-0.3, -0.25) is 4.79 Å². The highest BCUT2D eigenvalue weighted by atomic mass is 16.6. The lowest BCUT2D eigenvalue weighted by molar-refractivity contribution is -0.134. The summed E-state index contributed by atoms with van der Waals surface area (Å²) >= 11 is 0. The fourth-order valence-electron chi connectivity index (χ4n) is 1.21. The summed E-state index contributed by atoms with van der Waals surface area (Å²) in [5.74, 6) is -0.822. The lowest BCUT2D eigenvalue weighted by Crippen LogP contribution is -2.19. The van der Waals surface area contributed by atoms with Crippen LogP contribution < -0.4 is 0 Å². The predicted octanol–water partition coefficient (Wildman–Crippen LogP) is 1.33. The summed E-state index contributed by atoms with van der Waals surface area (Å²) in [6.07, 6.45) is 3.28. The Morgan fingerprint density at radius 1 is 1.31 bits per heavy atom. The molecule has 1 atom stereocenters. The Morgan fingerprint density at radius 2 is 1.94 bits per heavy atom. The zero-order valence-electron chi connectivity index (χ0n) is 10.0. The number of carbonyl (C=O) groups excluding carboxylic acids is 2. The van der Waals surface area contributed by atoms with Crippen LogP contribution in [0.1, 0.15) is 20.3 Å². The van der Waals surface area contributed by atoms with E-state index in [2.05, 4.69) is 14.7 Å². The Balaban J connectivity index is 4.48. The van der Waals surface area contributed by atoms with Gasteiger partial charge in [-0.15, -0.1) is 0 Å². The van der Waals surface area contributed by atoms with E-state index in [0.717, 1.165) is 0 Å². The van der Waals surface area contributed by atoms with Gasteiger partial charge in [0.2, 0.25) is 0 Å². The van der Waals surface area contributed by atoms with Crippen LogP contribution in [0.2, 0.25) is 0 Å². The summed E-state index contributed by atoms with van der Waals surface area (Å²) in [4.78, 5) is 26.7. The van der Waals surface area contributed by atoms with Crippen LogP contribution in [0.5, 0.6) is 0 Å². The van der Waals surface area contributed by atoms with E-state index in [1.54, 1.807) is 13.0 Å². The summed E-state index contributed by atoms with van der Waals surface area (Å²) in [5.41, 5.74) is 0.588. The van der Waals surface area contributed by atoms with Gasteiger partial charge in [-0.05, 0) is 20.3 Å². The average Bonchev–Trinajstić information content (AvgIpc) is 2.23. The van der Waals surface area contributed by atoms with Gasteiger partial charge in [0.05, 0.1) is 18.7 Å². The largest absolute Gasteiger partial charge is 0.466 e. The molecule has 0 radical (unpaired) electrons. The zero-order valence-corrected chi connectivity index (χ0v) is 10.0. The van der Waals surface area contributed by atoms with Crippen molar-refractivity contribution in [2.75, 3.05) is 14.2 Å². The Labute approximate surface area is 95.1 Å². The van der Waals surface area contributed by atoms with E-state index in [0.29, 0.717) is 12.1 Å². The van der Waals surface area contributed by atoms with Gasteiger partial charge in [0.1, 0.15) is 12.9 Å². The van der Waals surface area contributed by atoms with Gasteiger partial charge in [0.15, 0.2) is 0 Å². The first-order valence-corrected chi connectivity index (χ1v) is 4.85. The lowest BCUT2D eigenvalue weighted by Gasteiger charge is -2.09. The van der Waals surface area contributed by atoms with Crippen molar-refractivity contribution in [2.24, 2.45) is 11.1 Å². The van der Waals surface area contributed by atoms with Gasteiger partial charge in [0.25, 0.3) is 0 Å². The number of Topliss-reactive ketones (excluding diaryl/α,β-unsaturated/α-hetero) is 1. The Kier molecular flexibility index (Phi) is 6.83. The van der Waals surface area contributed by atoms with E-state index >= 15 is 0 Å². The standard InChI is InChI=1S/C11H17NO4/c1-8(12-16-4)10(9(2)13)6-5-7-11(14)15-3/h5,7,10H,6H2,1-4H3/b7-5+,12-8+. The first kappa shape index (κ1) is 14.3. The first-order chi connectivity index (χ1) is 7.52. The molecule has 1 unspecified atom stereocenters. The van der Waals surface area contributed by atoms with Crippen LogP contribution in [-0.4, -0.2) is 31.7 Å². The fraction of sp³-hybridized carbons (Fsp3) is 0.545.